The molecule has 1 unspecified atom stereocenters. The third kappa shape index (κ3) is 3.53. The third-order valence-corrected chi connectivity index (χ3v) is 3.64. The zero-order valence-electron chi connectivity index (χ0n) is 10.4. The molecule has 0 aliphatic rings. The Morgan fingerprint density at radius 2 is 1.84 bits per heavy atom. The highest BCUT2D eigenvalue weighted by molar-refractivity contribution is 7.99. The van der Waals surface area contributed by atoms with Crippen molar-refractivity contribution >= 4 is 11.8 Å². The number of nitrogens with zero attached hydrogens (tertiary/aromatic N) is 3. The average molecular weight is 270 g/mol. The van der Waals surface area contributed by atoms with Crippen LogP contribution in [0.4, 0.5) is 0 Å². The minimum atomic E-state index is -0.955. The number of nitriles is 1. The van der Waals surface area contributed by atoms with E-state index in [1.165, 1.54) is 11.8 Å². The van der Waals surface area contributed by atoms with E-state index in [1.807, 2.05) is 30.3 Å². The van der Waals surface area contributed by atoms with E-state index in [0.717, 1.165) is 5.56 Å². The molecule has 0 aliphatic heterocycles. The summed E-state index contributed by atoms with van der Waals surface area (Å²) in [7, 11) is 0. The molecule has 0 amide bonds. The summed E-state index contributed by atoms with van der Waals surface area (Å²) in [6.45, 7) is 0. The van der Waals surface area contributed by atoms with Gasteiger partial charge in [-0.3, -0.25) is 0 Å². The fourth-order valence-corrected chi connectivity index (χ4v) is 2.54. The minimum absolute atomic E-state index is 0.552. The molecule has 4 nitrogen and oxygen atoms in total. The molecule has 0 bridgehead atoms. The molecule has 0 saturated carbocycles. The summed E-state index contributed by atoms with van der Waals surface area (Å²) in [4.78, 5) is 8.25. The molecule has 1 atom stereocenters. The van der Waals surface area contributed by atoms with E-state index in [4.69, 9.17) is 5.73 Å². The van der Waals surface area contributed by atoms with E-state index in [-0.39, 0.29) is 0 Å². The second-order valence-corrected chi connectivity index (χ2v) is 5.14. The predicted molar refractivity (Wildman–Crippen MR) is 75.3 cm³/mol. The lowest BCUT2D eigenvalue weighted by Crippen LogP contribution is -2.35. The van der Waals surface area contributed by atoms with Gasteiger partial charge >= 0.3 is 0 Å². The van der Waals surface area contributed by atoms with Gasteiger partial charge in [-0.1, -0.05) is 42.1 Å². The van der Waals surface area contributed by atoms with Gasteiger partial charge in [-0.2, -0.15) is 5.26 Å². The molecule has 2 rings (SSSR count). The first-order valence-corrected chi connectivity index (χ1v) is 6.89. The molecule has 2 N–H and O–H groups in total. The molecule has 1 heterocycles. The second-order valence-electron chi connectivity index (χ2n) is 4.08. The Hall–Kier alpha value is -1.90. The van der Waals surface area contributed by atoms with Crippen LogP contribution in [-0.4, -0.2) is 15.7 Å². The summed E-state index contributed by atoms with van der Waals surface area (Å²) in [5, 5.41) is 10.0. The van der Waals surface area contributed by atoms with Crippen molar-refractivity contribution in [2.75, 3.05) is 5.75 Å². The number of nitrogens with two attached hydrogens (primary N) is 1. The summed E-state index contributed by atoms with van der Waals surface area (Å²) >= 11 is 1.50. The van der Waals surface area contributed by atoms with Crippen LogP contribution in [0.1, 0.15) is 12.0 Å². The van der Waals surface area contributed by atoms with Gasteiger partial charge in [0.1, 0.15) is 5.54 Å². The molecule has 2 aromatic rings. The monoisotopic (exact) mass is 270 g/mol. The molecule has 5 heteroatoms. The Kier molecular flexibility index (Phi) is 4.50. The maximum atomic E-state index is 9.32. The van der Waals surface area contributed by atoms with Crippen LogP contribution >= 0.6 is 11.8 Å². The van der Waals surface area contributed by atoms with Crippen LogP contribution in [0.5, 0.6) is 0 Å². The lowest BCUT2D eigenvalue weighted by atomic mass is 9.90. The molecule has 0 saturated heterocycles. The molecule has 96 valence electrons. The predicted octanol–water partition coefficient (Wildman–Crippen LogP) is 2.34. The molecule has 0 aliphatic carbocycles. The summed E-state index contributed by atoms with van der Waals surface area (Å²) in [6, 6.07) is 13.4. The van der Waals surface area contributed by atoms with Crippen molar-refractivity contribution in [3.8, 4) is 6.07 Å². The fraction of sp³-hybridized carbons (Fsp3) is 0.214. The van der Waals surface area contributed by atoms with Crippen molar-refractivity contribution in [3.05, 3.63) is 54.4 Å². The quantitative estimate of drug-likeness (QED) is 0.666. The first-order chi connectivity index (χ1) is 9.24. The van der Waals surface area contributed by atoms with Crippen LogP contribution in [0.15, 0.2) is 53.9 Å². The van der Waals surface area contributed by atoms with Crippen LogP contribution in [0.3, 0.4) is 0 Å². The largest absolute Gasteiger partial charge is 0.310 e. The SMILES string of the molecule is N#CC(N)(CCSc1ncccn1)c1ccccc1. The zero-order chi connectivity index (χ0) is 13.6. The third-order valence-electron chi connectivity index (χ3n) is 2.76. The number of rotatable bonds is 5. The number of benzene rings is 1. The molecule has 1 aromatic heterocycles. The smallest absolute Gasteiger partial charge is 0.187 e. The Morgan fingerprint density at radius 1 is 1.16 bits per heavy atom. The average Bonchev–Trinajstić information content (AvgIpc) is 2.49. The Morgan fingerprint density at radius 3 is 2.47 bits per heavy atom. The van der Waals surface area contributed by atoms with Crippen LogP contribution < -0.4 is 5.73 Å². The second kappa shape index (κ2) is 6.32. The Bertz CT molecular complexity index is 553. The highest BCUT2D eigenvalue weighted by Gasteiger charge is 2.26. The van der Waals surface area contributed by atoms with Crippen molar-refractivity contribution < 1.29 is 0 Å². The summed E-state index contributed by atoms with van der Waals surface area (Å²) in [5.41, 5.74) is 6.05. The van der Waals surface area contributed by atoms with E-state index in [0.29, 0.717) is 17.3 Å². The van der Waals surface area contributed by atoms with E-state index in [1.54, 1.807) is 18.5 Å². The normalized spacial score (nSPS) is 13.5. The Balaban J connectivity index is 1.99. The van der Waals surface area contributed by atoms with E-state index < -0.39 is 5.54 Å². The summed E-state index contributed by atoms with van der Waals surface area (Å²) in [6.07, 6.45) is 3.95. The number of thioether (sulfide) groups is 1. The van der Waals surface area contributed by atoms with Gasteiger partial charge in [-0.15, -0.1) is 0 Å². The van der Waals surface area contributed by atoms with E-state index >= 15 is 0 Å². The first-order valence-electron chi connectivity index (χ1n) is 5.90. The molecule has 0 fully saturated rings. The molecule has 1 aromatic carbocycles. The van der Waals surface area contributed by atoms with Crippen molar-refractivity contribution in [1.82, 2.24) is 9.97 Å². The lowest BCUT2D eigenvalue weighted by Gasteiger charge is -2.21. The molecule has 0 spiro atoms. The van der Waals surface area contributed by atoms with Gasteiger partial charge < -0.3 is 5.73 Å². The van der Waals surface area contributed by atoms with Crippen LogP contribution in [0.25, 0.3) is 0 Å². The van der Waals surface area contributed by atoms with Crippen LogP contribution in [0.2, 0.25) is 0 Å². The van der Waals surface area contributed by atoms with Crippen molar-refractivity contribution in [3.63, 3.8) is 0 Å². The van der Waals surface area contributed by atoms with E-state index in [2.05, 4.69) is 16.0 Å². The Labute approximate surface area is 116 Å². The number of hydrogen-bond acceptors (Lipinski definition) is 5. The van der Waals surface area contributed by atoms with Gasteiger partial charge in [0.2, 0.25) is 0 Å². The van der Waals surface area contributed by atoms with Gasteiger partial charge in [0.25, 0.3) is 0 Å². The fourth-order valence-electron chi connectivity index (χ4n) is 1.66. The van der Waals surface area contributed by atoms with Crippen molar-refractivity contribution in [2.45, 2.75) is 17.1 Å². The molecule has 0 radical (unpaired) electrons. The van der Waals surface area contributed by atoms with Crippen LogP contribution in [-0.2, 0) is 5.54 Å². The molecular formula is C14H14N4S. The summed E-state index contributed by atoms with van der Waals surface area (Å²) < 4.78 is 0. The highest BCUT2D eigenvalue weighted by Crippen LogP contribution is 2.24. The van der Waals surface area contributed by atoms with Gasteiger partial charge in [0.05, 0.1) is 6.07 Å². The molecule has 19 heavy (non-hydrogen) atoms. The number of aromatic nitrogens is 2. The van der Waals surface area contributed by atoms with Gasteiger partial charge in [-0.05, 0) is 18.1 Å². The van der Waals surface area contributed by atoms with Gasteiger partial charge in [-0.25, -0.2) is 9.97 Å². The lowest BCUT2D eigenvalue weighted by molar-refractivity contribution is 0.560. The minimum Gasteiger partial charge on any atom is -0.310 e. The van der Waals surface area contributed by atoms with Gasteiger partial charge in [0, 0.05) is 18.1 Å². The number of hydrogen-bond donors (Lipinski definition) is 1. The highest BCUT2D eigenvalue weighted by atomic mass is 32.2. The first kappa shape index (κ1) is 13.5. The summed E-state index contributed by atoms with van der Waals surface area (Å²) in [5.74, 6) is 0.697. The topological polar surface area (TPSA) is 75.6 Å². The van der Waals surface area contributed by atoms with Crippen molar-refractivity contribution in [2.24, 2.45) is 5.73 Å². The van der Waals surface area contributed by atoms with Crippen LogP contribution in [0, 0.1) is 11.3 Å². The maximum absolute atomic E-state index is 9.32. The maximum Gasteiger partial charge on any atom is 0.187 e. The van der Waals surface area contributed by atoms with E-state index in [9.17, 15) is 5.26 Å². The van der Waals surface area contributed by atoms with Gasteiger partial charge in [0.15, 0.2) is 5.16 Å². The molecular weight excluding hydrogens is 256 g/mol. The standard InChI is InChI=1S/C14H14N4S/c15-11-14(16,12-5-2-1-3-6-12)7-10-19-13-17-8-4-9-18-13/h1-6,8-9H,7,10,16H2. The van der Waals surface area contributed by atoms with Crippen molar-refractivity contribution in [1.29, 1.82) is 5.26 Å². The zero-order valence-corrected chi connectivity index (χ0v) is 11.2.